The Kier molecular flexibility index (Phi) is 1.96. The van der Waals surface area contributed by atoms with Crippen LogP contribution in [0.4, 0.5) is 0 Å². The molecule has 4 nitrogen and oxygen atoms in total. The number of furan rings is 1. The van der Waals surface area contributed by atoms with Crippen molar-refractivity contribution in [2.45, 2.75) is 19.8 Å². The van der Waals surface area contributed by atoms with Crippen LogP contribution in [0, 0.1) is 0 Å². The molecule has 4 heteroatoms. The first kappa shape index (κ1) is 8.16. The highest BCUT2D eigenvalue weighted by molar-refractivity contribution is 5.92. The van der Waals surface area contributed by atoms with Crippen molar-refractivity contribution in [1.29, 1.82) is 0 Å². The molecule has 2 rings (SSSR count). The Labute approximate surface area is 75.4 Å². The van der Waals surface area contributed by atoms with E-state index in [1.54, 1.807) is 0 Å². The molecule has 70 valence electrons. The smallest absolute Gasteiger partial charge is 0.378 e. The van der Waals surface area contributed by atoms with E-state index in [0.717, 1.165) is 12.8 Å². The molecule has 0 N–H and O–H groups in total. The number of fused-ring (bicyclic) bond motifs is 1. The van der Waals surface area contributed by atoms with Crippen molar-refractivity contribution in [3.05, 3.63) is 12.0 Å². The van der Waals surface area contributed by atoms with Gasteiger partial charge in [-0.15, -0.1) is 0 Å². The van der Waals surface area contributed by atoms with Crippen LogP contribution in [0.3, 0.4) is 0 Å². The average Bonchev–Trinajstić information content (AvgIpc) is 2.78. The number of carbonyl (C=O) groups is 1. The molecule has 2 heterocycles. The van der Waals surface area contributed by atoms with Crippen LogP contribution in [-0.2, 0) is 4.74 Å². The molecule has 0 fully saturated rings. The minimum atomic E-state index is -0.438. The number of hydrogen-bond acceptors (Lipinski definition) is 4. The van der Waals surface area contributed by atoms with E-state index in [4.69, 9.17) is 13.9 Å². The quantitative estimate of drug-likeness (QED) is 0.413. The average molecular weight is 182 g/mol. The van der Waals surface area contributed by atoms with Crippen LogP contribution in [0.1, 0.15) is 30.3 Å². The van der Waals surface area contributed by atoms with Gasteiger partial charge in [-0.2, -0.15) is 0 Å². The molecule has 0 unspecified atom stereocenters. The maximum absolute atomic E-state index is 11.2. The molecular formula is C9H10O4. The summed E-state index contributed by atoms with van der Waals surface area (Å²) >= 11 is 0. The highest BCUT2D eigenvalue weighted by atomic mass is 16.6. The van der Waals surface area contributed by atoms with Crippen molar-refractivity contribution in [2.24, 2.45) is 0 Å². The van der Waals surface area contributed by atoms with Gasteiger partial charge in [-0.1, -0.05) is 13.3 Å². The summed E-state index contributed by atoms with van der Waals surface area (Å²) in [5, 5.41) is 0. The fourth-order valence-electron chi connectivity index (χ4n) is 1.00. The number of unbranched alkanes of at least 4 members (excludes halogenated alkanes) is 1. The molecular weight excluding hydrogens is 172 g/mol. The van der Waals surface area contributed by atoms with E-state index in [9.17, 15) is 4.79 Å². The highest BCUT2D eigenvalue weighted by Crippen LogP contribution is 2.49. The van der Waals surface area contributed by atoms with Crippen LogP contribution >= 0.6 is 0 Å². The van der Waals surface area contributed by atoms with E-state index in [-0.39, 0.29) is 5.76 Å². The normalized spacial score (nSPS) is 11.8. The zero-order chi connectivity index (χ0) is 9.26. The van der Waals surface area contributed by atoms with Gasteiger partial charge >= 0.3 is 5.97 Å². The van der Waals surface area contributed by atoms with Gasteiger partial charge in [0.2, 0.25) is 11.5 Å². The lowest BCUT2D eigenvalue weighted by Crippen LogP contribution is -2.04. The Morgan fingerprint density at radius 2 is 2.46 bits per heavy atom. The number of carbonyl (C=O) groups excluding carboxylic acids is 1. The van der Waals surface area contributed by atoms with Crippen molar-refractivity contribution < 1.29 is 18.7 Å². The van der Waals surface area contributed by atoms with Crippen LogP contribution < -0.4 is 4.74 Å². The second kappa shape index (κ2) is 3.12. The molecule has 0 saturated heterocycles. The molecule has 1 aliphatic heterocycles. The van der Waals surface area contributed by atoms with E-state index >= 15 is 0 Å². The summed E-state index contributed by atoms with van der Waals surface area (Å²) in [5.74, 6) is 0.919. The Hall–Kier alpha value is -1.45. The predicted molar refractivity (Wildman–Crippen MR) is 44.0 cm³/mol. The predicted octanol–water partition coefficient (Wildman–Crippen LogP) is 2.34. The number of hydrogen-bond donors (Lipinski definition) is 0. The molecule has 0 amide bonds. The van der Waals surface area contributed by atoms with Gasteiger partial charge in [0.15, 0.2) is 0 Å². The summed E-state index contributed by atoms with van der Waals surface area (Å²) in [6.07, 6.45) is 3.28. The molecule has 1 aromatic rings. The second-order valence-corrected chi connectivity index (χ2v) is 2.85. The molecule has 0 atom stereocenters. The van der Waals surface area contributed by atoms with E-state index < -0.39 is 5.97 Å². The third-order valence-corrected chi connectivity index (χ3v) is 1.80. The summed E-state index contributed by atoms with van der Waals surface area (Å²) in [4.78, 5) is 11.2. The van der Waals surface area contributed by atoms with Gasteiger partial charge in [-0.3, -0.25) is 0 Å². The molecule has 1 aliphatic rings. The van der Waals surface area contributed by atoms with Crippen LogP contribution in [0.25, 0.3) is 0 Å². The zero-order valence-electron chi connectivity index (χ0n) is 7.33. The van der Waals surface area contributed by atoms with Crippen LogP contribution in [0.5, 0.6) is 11.5 Å². The lowest BCUT2D eigenvalue weighted by Gasteiger charge is -1.99. The number of esters is 1. The van der Waals surface area contributed by atoms with Crippen molar-refractivity contribution in [1.82, 2.24) is 0 Å². The summed E-state index contributed by atoms with van der Waals surface area (Å²) < 4.78 is 14.8. The minimum Gasteiger partial charge on any atom is -0.460 e. The maximum atomic E-state index is 11.2. The first-order valence-corrected chi connectivity index (χ1v) is 4.29. The van der Waals surface area contributed by atoms with Gasteiger partial charge in [0.25, 0.3) is 5.76 Å². The Bertz CT molecular complexity index is 326. The van der Waals surface area contributed by atoms with Gasteiger partial charge in [0.05, 0.1) is 6.61 Å². The topological polar surface area (TPSA) is 52.0 Å². The SMILES string of the molecule is CCCCOC(=O)c1occ2c1O2. The third kappa shape index (κ3) is 1.52. The Morgan fingerprint density at radius 1 is 1.62 bits per heavy atom. The van der Waals surface area contributed by atoms with E-state index in [1.807, 2.05) is 6.92 Å². The molecule has 13 heavy (non-hydrogen) atoms. The summed E-state index contributed by atoms with van der Waals surface area (Å²) in [5.41, 5.74) is 0. The largest absolute Gasteiger partial charge is 0.460 e. The first-order valence-electron chi connectivity index (χ1n) is 4.29. The molecule has 0 saturated carbocycles. The van der Waals surface area contributed by atoms with Crippen LogP contribution in [0.2, 0.25) is 0 Å². The molecule has 1 aromatic heterocycles. The molecule has 0 spiro atoms. The van der Waals surface area contributed by atoms with E-state index in [2.05, 4.69) is 0 Å². The van der Waals surface area contributed by atoms with Crippen LogP contribution in [0.15, 0.2) is 10.7 Å². The standard InChI is InChI=1S/C9H10O4/c1-2-3-4-11-9(10)8-7-6(13-7)5-12-8/h5H,2-4H2,1H3. The van der Waals surface area contributed by atoms with Gasteiger partial charge in [-0.25, -0.2) is 4.79 Å². The van der Waals surface area contributed by atoms with Crippen molar-refractivity contribution >= 4 is 5.97 Å². The zero-order valence-corrected chi connectivity index (χ0v) is 7.33. The molecule has 0 radical (unpaired) electrons. The van der Waals surface area contributed by atoms with Gasteiger partial charge in [0.1, 0.15) is 6.26 Å². The fourth-order valence-corrected chi connectivity index (χ4v) is 1.00. The molecule has 0 aromatic carbocycles. The van der Waals surface area contributed by atoms with E-state index in [1.165, 1.54) is 6.26 Å². The van der Waals surface area contributed by atoms with Crippen LogP contribution in [-0.4, -0.2) is 12.6 Å². The van der Waals surface area contributed by atoms with Crippen molar-refractivity contribution in [2.75, 3.05) is 6.61 Å². The minimum absolute atomic E-state index is 0.186. The van der Waals surface area contributed by atoms with Crippen molar-refractivity contribution in [3.63, 3.8) is 0 Å². The summed E-state index contributed by atoms with van der Waals surface area (Å²) in [7, 11) is 0. The lowest BCUT2D eigenvalue weighted by molar-refractivity contribution is 0.0460. The van der Waals surface area contributed by atoms with Gasteiger partial charge in [0, 0.05) is 0 Å². The first-order chi connectivity index (χ1) is 6.33. The van der Waals surface area contributed by atoms with Gasteiger partial charge in [-0.05, 0) is 6.42 Å². The Balaban J connectivity index is 1.88. The summed E-state index contributed by atoms with van der Waals surface area (Å²) in [6, 6.07) is 0. The lowest BCUT2D eigenvalue weighted by atomic mass is 10.4. The van der Waals surface area contributed by atoms with Gasteiger partial charge < -0.3 is 13.9 Å². The number of rotatable bonds is 4. The van der Waals surface area contributed by atoms with Crippen molar-refractivity contribution in [3.8, 4) is 11.5 Å². The molecule has 0 bridgehead atoms. The Morgan fingerprint density at radius 3 is 3.00 bits per heavy atom. The second-order valence-electron chi connectivity index (χ2n) is 2.85. The molecule has 0 aliphatic carbocycles. The summed E-state index contributed by atoms with van der Waals surface area (Å²) in [6.45, 7) is 2.47. The maximum Gasteiger partial charge on any atom is 0.378 e. The highest BCUT2D eigenvalue weighted by Gasteiger charge is 2.34. The van der Waals surface area contributed by atoms with E-state index in [0.29, 0.717) is 18.1 Å². The fraction of sp³-hybridized carbons (Fsp3) is 0.444. The number of ether oxygens (including phenoxy) is 2. The third-order valence-electron chi connectivity index (χ3n) is 1.80. The monoisotopic (exact) mass is 182 g/mol.